The summed E-state index contributed by atoms with van der Waals surface area (Å²) in [5, 5.41) is 6.61. The van der Waals surface area contributed by atoms with Crippen molar-refractivity contribution in [3.63, 3.8) is 0 Å². The quantitative estimate of drug-likeness (QED) is 0.512. The van der Waals surface area contributed by atoms with E-state index in [0.29, 0.717) is 5.69 Å². The molecule has 0 aliphatic carbocycles. The summed E-state index contributed by atoms with van der Waals surface area (Å²) >= 11 is 6.69. The summed E-state index contributed by atoms with van der Waals surface area (Å²) in [6.45, 7) is 0. The van der Waals surface area contributed by atoms with E-state index in [1.165, 1.54) is 0 Å². The molecule has 124 valence electrons. The molecule has 0 unspecified atom stereocenters. The zero-order valence-electron chi connectivity index (χ0n) is 12.6. The van der Waals surface area contributed by atoms with Gasteiger partial charge in [-0.1, -0.05) is 50.1 Å². The van der Waals surface area contributed by atoms with Crippen LogP contribution in [0.25, 0.3) is 0 Å². The number of hydrogen-bond acceptors (Lipinski definition) is 3. The van der Waals surface area contributed by atoms with Crippen molar-refractivity contribution >= 4 is 55.6 Å². The van der Waals surface area contributed by atoms with E-state index in [-0.39, 0.29) is 24.7 Å². The smallest absolute Gasteiger partial charge is 0.240 e. The van der Waals surface area contributed by atoms with Gasteiger partial charge in [0.25, 0.3) is 0 Å². The van der Waals surface area contributed by atoms with Crippen LogP contribution < -0.4 is 10.7 Å². The van der Waals surface area contributed by atoms with Gasteiger partial charge in [0, 0.05) is 27.5 Å². The molecule has 0 aromatic heterocycles. The number of nitrogens with zero attached hydrogens (tertiary/aromatic N) is 1. The Hall–Kier alpha value is -1.99. The lowest BCUT2D eigenvalue weighted by molar-refractivity contribution is -0.124. The number of hydrogen-bond donors (Lipinski definition) is 2. The minimum atomic E-state index is -0.314. The molecule has 24 heavy (non-hydrogen) atoms. The van der Waals surface area contributed by atoms with Crippen molar-refractivity contribution in [1.82, 2.24) is 5.43 Å². The molecule has 0 bridgehead atoms. The van der Waals surface area contributed by atoms with Crippen LogP contribution in [-0.2, 0) is 9.59 Å². The number of rotatable bonds is 6. The third-order valence-electron chi connectivity index (χ3n) is 2.94. The highest BCUT2D eigenvalue weighted by atomic mass is 79.9. The number of halogens is 2. The Balaban J connectivity index is 1.73. The largest absolute Gasteiger partial charge is 0.326 e. The number of benzene rings is 2. The molecule has 0 radical (unpaired) electrons. The summed E-state index contributed by atoms with van der Waals surface area (Å²) in [5.74, 6) is -0.537. The fraction of sp³-hybridized carbons (Fsp3) is 0.118. The van der Waals surface area contributed by atoms with Gasteiger partial charge in [-0.25, -0.2) is 5.43 Å². The Bertz CT molecular complexity index is 763. The summed E-state index contributed by atoms with van der Waals surface area (Å²) in [5.41, 5.74) is 3.95. The molecule has 0 saturated heterocycles. The van der Waals surface area contributed by atoms with E-state index in [9.17, 15) is 9.59 Å². The number of anilines is 1. The Labute approximate surface area is 156 Å². The second-order valence-corrected chi connectivity index (χ2v) is 6.74. The van der Waals surface area contributed by atoms with Crippen molar-refractivity contribution in [3.8, 4) is 0 Å². The van der Waals surface area contributed by atoms with E-state index in [1.807, 2.05) is 36.4 Å². The Morgan fingerprint density at radius 1 is 0.958 bits per heavy atom. The van der Waals surface area contributed by atoms with Crippen LogP contribution in [0.15, 0.2) is 62.6 Å². The highest BCUT2D eigenvalue weighted by Gasteiger charge is 2.06. The van der Waals surface area contributed by atoms with E-state index in [2.05, 4.69) is 47.7 Å². The van der Waals surface area contributed by atoms with Crippen LogP contribution in [0.2, 0.25) is 0 Å². The van der Waals surface area contributed by atoms with Crippen LogP contribution in [0.5, 0.6) is 0 Å². The maximum absolute atomic E-state index is 11.8. The first kappa shape index (κ1) is 18.4. The molecule has 2 rings (SSSR count). The molecule has 0 fully saturated rings. The van der Waals surface area contributed by atoms with Crippen LogP contribution in [-0.4, -0.2) is 18.0 Å². The lowest BCUT2D eigenvalue weighted by atomic mass is 10.2. The second-order valence-electron chi connectivity index (χ2n) is 4.91. The molecular weight excluding hydrogens is 438 g/mol. The third kappa shape index (κ3) is 6.64. The lowest BCUT2D eigenvalue weighted by Gasteiger charge is -2.05. The fourth-order valence-corrected chi connectivity index (χ4v) is 2.65. The summed E-state index contributed by atoms with van der Waals surface area (Å²) in [4.78, 5) is 23.5. The van der Waals surface area contributed by atoms with Gasteiger partial charge < -0.3 is 5.32 Å². The Morgan fingerprint density at radius 2 is 1.62 bits per heavy atom. The van der Waals surface area contributed by atoms with Crippen LogP contribution in [0.3, 0.4) is 0 Å². The van der Waals surface area contributed by atoms with Gasteiger partial charge >= 0.3 is 0 Å². The second kappa shape index (κ2) is 9.34. The van der Waals surface area contributed by atoms with Crippen molar-refractivity contribution in [1.29, 1.82) is 0 Å². The molecule has 0 saturated carbocycles. The summed E-state index contributed by atoms with van der Waals surface area (Å²) in [6.07, 6.45) is 1.70. The van der Waals surface area contributed by atoms with Crippen molar-refractivity contribution < 1.29 is 9.59 Å². The van der Waals surface area contributed by atoms with Crippen molar-refractivity contribution in [2.24, 2.45) is 5.10 Å². The number of amides is 2. The SMILES string of the molecule is O=C(CCC(=O)Nc1cccc(Br)c1)NN=Cc1cccc(Br)c1. The highest BCUT2D eigenvalue weighted by molar-refractivity contribution is 9.10. The van der Waals surface area contributed by atoms with Crippen LogP contribution in [0.1, 0.15) is 18.4 Å². The van der Waals surface area contributed by atoms with Crippen LogP contribution in [0, 0.1) is 0 Å². The number of carbonyl (C=O) groups excluding carboxylic acids is 2. The van der Waals surface area contributed by atoms with Crippen molar-refractivity contribution in [3.05, 3.63) is 63.0 Å². The predicted molar refractivity (Wildman–Crippen MR) is 102 cm³/mol. The third-order valence-corrected chi connectivity index (χ3v) is 3.93. The normalized spacial score (nSPS) is 10.6. The number of nitrogens with one attached hydrogen (secondary N) is 2. The number of hydrazone groups is 1. The summed E-state index contributed by atoms with van der Waals surface area (Å²) < 4.78 is 1.81. The van der Waals surface area contributed by atoms with E-state index < -0.39 is 0 Å². The van der Waals surface area contributed by atoms with Crippen LogP contribution >= 0.6 is 31.9 Å². The van der Waals surface area contributed by atoms with Gasteiger partial charge in [0.2, 0.25) is 11.8 Å². The molecular formula is C17H15Br2N3O2. The molecule has 2 aromatic rings. The van der Waals surface area contributed by atoms with E-state index in [0.717, 1.165) is 14.5 Å². The van der Waals surface area contributed by atoms with Gasteiger partial charge in [-0.15, -0.1) is 0 Å². The molecule has 0 aliphatic heterocycles. The predicted octanol–water partition coefficient (Wildman–Crippen LogP) is 4.08. The zero-order valence-corrected chi connectivity index (χ0v) is 15.8. The molecule has 0 spiro atoms. The van der Waals surface area contributed by atoms with Crippen LogP contribution in [0.4, 0.5) is 5.69 Å². The van der Waals surface area contributed by atoms with Gasteiger partial charge in [0.15, 0.2) is 0 Å². The molecule has 0 aliphatic rings. The first-order chi connectivity index (χ1) is 11.5. The van der Waals surface area contributed by atoms with E-state index >= 15 is 0 Å². The van der Waals surface area contributed by atoms with E-state index in [1.54, 1.807) is 18.3 Å². The average Bonchev–Trinajstić information content (AvgIpc) is 2.53. The molecule has 7 heteroatoms. The Morgan fingerprint density at radius 3 is 2.33 bits per heavy atom. The average molecular weight is 453 g/mol. The summed E-state index contributed by atoms with van der Waals surface area (Å²) in [7, 11) is 0. The monoisotopic (exact) mass is 451 g/mol. The minimum absolute atomic E-state index is 0.0651. The van der Waals surface area contributed by atoms with Gasteiger partial charge in [-0.3, -0.25) is 9.59 Å². The van der Waals surface area contributed by atoms with E-state index in [4.69, 9.17) is 0 Å². The topological polar surface area (TPSA) is 70.6 Å². The lowest BCUT2D eigenvalue weighted by Crippen LogP contribution is -2.20. The molecule has 2 amide bonds. The van der Waals surface area contributed by atoms with Gasteiger partial charge in [0.05, 0.1) is 6.21 Å². The van der Waals surface area contributed by atoms with Gasteiger partial charge in [-0.05, 0) is 35.9 Å². The fourth-order valence-electron chi connectivity index (χ4n) is 1.84. The molecule has 0 atom stereocenters. The minimum Gasteiger partial charge on any atom is -0.326 e. The highest BCUT2D eigenvalue weighted by Crippen LogP contribution is 2.15. The molecule has 5 nitrogen and oxygen atoms in total. The zero-order chi connectivity index (χ0) is 17.4. The Kier molecular flexibility index (Phi) is 7.14. The number of carbonyl (C=O) groups is 2. The van der Waals surface area contributed by atoms with Gasteiger partial charge in [0.1, 0.15) is 0 Å². The summed E-state index contributed by atoms with van der Waals surface area (Å²) in [6, 6.07) is 14.8. The maximum Gasteiger partial charge on any atom is 0.240 e. The first-order valence-electron chi connectivity index (χ1n) is 7.16. The maximum atomic E-state index is 11.8. The van der Waals surface area contributed by atoms with Crippen molar-refractivity contribution in [2.75, 3.05) is 5.32 Å². The molecule has 2 aromatic carbocycles. The van der Waals surface area contributed by atoms with Crippen molar-refractivity contribution in [2.45, 2.75) is 12.8 Å². The molecule has 0 heterocycles. The standard InChI is InChI=1S/C17H15Br2N3O2/c18-13-4-1-3-12(9-13)11-20-22-17(24)8-7-16(23)21-15-6-2-5-14(19)10-15/h1-6,9-11H,7-8H2,(H,21,23)(H,22,24). The first-order valence-corrected chi connectivity index (χ1v) is 8.74. The molecule has 2 N–H and O–H groups in total. The van der Waals surface area contributed by atoms with Gasteiger partial charge in [-0.2, -0.15) is 5.10 Å².